The van der Waals surface area contributed by atoms with Crippen LogP contribution >= 0.6 is 11.6 Å². The topological polar surface area (TPSA) is 17.8 Å². The first-order chi connectivity index (χ1) is 9.11. The number of aromatic nitrogens is 2. The first kappa shape index (κ1) is 16.6. The molecule has 0 N–H and O–H groups in total. The molecule has 0 saturated carbocycles. The van der Waals surface area contributed by atoms with E-state index in [1.54, 1.807) is 0 Å². The van der Waals surface area contributed by atoms with Crippen LogP contribution in [-0.2, 0) is 6.54 Å². The molecule has 110 valence electrons. The molecular formula is C16H29ClN2. The fraction of sp³-hybridized carbons (Fsp3) is 0.812. The molecule has 1 rings (SSSR count). The van der Waals surface area contributed by atoms with Crippen LogP contribution in [-0.4, -0.2) is 9.78 Å². The minimum absolute atomic E-state index is 0.110. The molecule has 0 amide bonds. The Morgan fingerprint density at radius 1 is 1.05 bits per heavy atom. The van der Waals surface area contributed by atoms with E-state index < -0.39 is 0 Å². The SMILES string of the molecule is CCCCCCCCn1nc(C)c(C(Cl)CC)c1C. The Kier molecular flexibility index (Phi) is 7.52. The number of aryl methyl sites for hydroxylation is 2. The fourth-order valence-corrected chi connectivity index (χ4v) is 2.94. The minimum atomic E-state index is 0.110. The average Bonchev–Trinajstić information content (AvgIpc) is 2.68. The zero-order valence-electron chi connectivity index (χ0n) is 13.0. The third-order valence-corrected chi connectivity index (χ3v) is 4.36. The summed E-state index contributed by atoms with van der Waals surface area (Å²) in [4.78, 5) is 0. The standard InChI is InChI=1S/C16H29ClN2/c1-5-7-8-9-10-11-12-19-14(4)16(13(3)18-19)15(17)6-2/h15H,5-12H2,1-4H3. The second kappa shape index (κ2) is 8.63. The van der Waals surface area contributed by atoms with Gasteiger partial charge in [0.2, 0.25) is 0 Å². The highest BCUT2D eigenvalue weighted by Crippen LogP contribution is 2.29. The van der Waals surface area contributed by atoms with Gasteiger partial charge in [0.05, 0.1) is 11.1 Å². The van der Waals surface area contributed by atoms with Crippen molar-refractivity contribution < 1.29 is 0 Å². The van der Waals surface area contributed by atoms with Gasteiger partial charge in [-0.3, -0.25) is 4.68 Å². The van der Waals surface area contributed by atoms with E-state index in [1.165, 1.54) is 49.8 Å². The molecule has 0 saturated heterocycles. The molecule has 1 aromatic heterocycles. The third kappa shape index (κ3) is 4.83. The molecular weight excluding hydrogens is 256 g/mol. The highest BCUT2D eigenvalue weighted by atomic mass is 35.5. The van der Waals surface area contributed by atoms with Gasteiger partial charge in [0, 0.05) is 17.8 Å². The number of alkyl halides is 1. The Hall–Kier alpha value is -0.500. The molecule has 0 fully saturated rings. The molecule has 0 spiro atoms. The maximum Gasteiger partial charge on any atom is 0.0643 e. The molecule has 0 bridgehead atoms. The van der Waals surface area contributed by atoms with Crippen molar-refractivity contribution in [1.29, 1.82) is 0 Å². The zero-order chi connectivity index (χ0) is 14.3. The van der Waals surface area contributed by atoms with Gasteiger partial charge in [-0.05, 0) is 26.7 Å². The van der Waals surface area contributed by atoms with Crippen LogP contribution in [0.15, 0.2) is 0 Å². The van der Waals surface area contributed by atoms with Crippen molar-refractivity contribution in [2.45, 2.75) is 84.6 Å². The molecule has 0 aliphatic carbocycles. The van der Waals surface area contributed by atoms with Gasteiger partial charge in [-0.25, -0.2) is 0 Å². The molecule has 0 radical (unpaired) electrons. The summed E-state index contributed by atoms with van der Waals surface area (Å²) in [6.07, 6.45) is 8.91. The highest BCUT2D eigenvalue weighted by Gasteiger charge is 2.17. The summed E-state index contributed by atoms with van der Waals surface area (Å²) in [5.74, 6) is 0. The Balaban J connectivity index is 2.46. The summed E-state index contributed by atoms with van der Waals surface area (Å²) in [6.45, 7) is 9.64. The van der Waals surface area contributed by atoms with Crippen LogP contribution in [0, 0.1) is 13.8 Å². The predicted octanol–water partition coefficient (Wildman–Crippen LogP) is 5.55. The summed E-state index contributed by atoms with van der Waals surface area (Å²) in [5, 5.41) is 4.75. The lowest BCUT2D eigenvalue weighted by Gasteiger charge is -2.08. The van der Waals surface area contributed by atoms with Gasteiger partial charge in [0.15, 0.2) is 0 Å². The van der Waals surface area contributed by atoms with Crippen molar-refractivity contribution >= 4 is 11.6 Å². The molecule has 0 aromatic carbocycles. The van der Waals surface area contributed by atoms with Gasteiger partial charge in [0.1, 0.15) is 0 Å². The third-order valence-electron chi connectivity index (χ3n) is 3.83. The van der Waals surface area contributed by atoms with Crippen LogP contribution in [0.25, 0.3) is 0 Å². The van der Waals surface area contributed by atoms with Gasteiger partial charge < -0.3 is 0 Å². The Bertz CT molecular complexity index is 371. The fourth-order valence-electron chi connectivity index (χ4n) is 2.63. The van der Waals surface area contributed by atoms with Gasteiger partial charge in [-0.2, -0.15) is 5.10 Å². The van der Waals surface area contributed by atoms with Crippen molar-refractivity contribution in [3.63, 3.8) is 0 Å². The Morgan fingerprint density at radius 2 is 1.68 bits per heavy atom. The second-order valence-corrected chi connectivity index (χ2v) is 5.98. The minimum Gasteiger partial charge on any atom is -0.269 e. The lowest BCUT2D eigenvalue weighted by atomic mass is 10.1. The van der Waals surface area contributed by atoms with E-state index in [0.717, 1.165) is 18.7 Å². The van der Waals surface area contributed by atoms with Gasteiger partial charge in [0.25, 0.3) is 0 Å². The smallest absolute Gasteiger partial charge is 0.0643 e. The van der Waals surface area contributed by atoms with Crippen molar-refractivity contribution in [1.82, 2.24) is 9.78 Å². The summed E-state index contributed by atoms with van der Waals surface area (Å²) < 4.78 is 2.15. The monoisotopic (exact) mass is 284 g/mol. The number of hydrogen-bond donors (Lipinski definition) is 0. The summed E-state index contributed by atoms with van der Waals surface area (Å²) >= 11 is 6.38. The van der Waals surface area contributed by atoms with Crippen molar-refractivity contribution in [2.75, 3.05) is 0 Å². The molecule has 2 nitrogen and oxygen atoms in total. The number of rotatable bonds is 9. The molecule has 1 atom stereocenters. The predicted molar refractivity (Wildman–Crippen MR) is 84.0 cm³/mol. The van der Waals surface area contributed by atoms with Crippen LogP contribution in [0.4, 0.5) is 0 Å². The summed E-state index contributed by atoms with van der Waals surface area (Å²) in [5.41, 5.74) is 3.60. The van der Waals surface area contributed by atoms with Crippen LogP contribution in [0.3, 0.4) is 0 Å². The van der Waals surface area contributed by atoms with Gasteiger partial charge in [-0.1, -0.05) is 46.0 Å². The van der Waals surface area contributed by atoms with E-state index in [4.69, 9.17) is 11.6 Å². The average molecular weight is 285 g/mol. The van der Waals surface area contributed by atoms with Crippen LogP contribution in [0.5, 0.6) is 0 Å². The molecule has 3 heteroatoms. The van der Waals surface area contributed by atoms with Crippen molar-refractivity contribution in [2.24, 2.45) is 0 Å². The number of unbranched alkanes of at least 4 members (excludes halogenated alkanes) is 5. The normalized spacial score (nSPS) is 12.9. The lowest BCUT2D eigenvalue weighted by Crippen LogP contribution is -2.03. The molecule has 1 unspecified atom stereocenters. The number of hydrogen-bond acceptors (Lipinski definition) is 1. The quantitative estimate of drug-likeness (QED) is 0.429. The van der Waals surface area contributed by atoms with E-state index in [1.807, 2.05) is 0 Å². The largest absolute Gasteiger partial charge is 0.269 e. The maximum absolute atomic E-state index is 6.38. The van der Waals surface area contributed by atoms with E-state index in [0.29, 0.717) is 0 Å². The number of halogens is 1. The number of nitrogens with zero attached hydrogens (tertiary/aromatic N) is 2. The molecule has 1 aromatic rings. The van der Waals surface area contributed by atoms with Gasteiger partial charge in [-0.15, -0.1) is 11.6 Å². The van der Waals surface area contributed by atoms with Crippen LogP contribution < -0.4 is 0 Å². The zero-order valence-corrected chi connectivity index (χ0v) is 13.8. The summed E-state index contributed by atoms with van der Waals surface area (Å²) in [6, 6.07) is 0. The van der Waals surface area contributed by atoms with E-state index in [9.17, 15) is 0 Å². The summed E-state index contributed by atoms with van der Waals surface area (Å²) in [7, 11) is 0. The highest BCUT2D eigenvalue weighted by molar-refractivity contribution is 6.20. The Morgan fingerprint density at radius 3 is 2.32 bits per heavy atom. The van der Waals surface area contributed by atoms with Crippen molar-refractivity contribution in [3.05, 3.63) is 17.0 Å². The molecule has 0 aliphatic rings. The van der Waals surface area contributed by atoms with E-state index in [2.05, 4.69) is 37.5 Å². The maximum atomic E-state index is 6.38. The van der Waals surface area contributed by atoms with Crippen molar-refractivity contribution in [3.8, 4) is 0 Å². The Labute approximate surface area is 123 Å². The van der Waals surface area contributed by atoms with Crippen LogP contribution in [0.2, 0.25) is 0 Å². The molecule has 0 aliphatic heterocycles. The van der Waals surface area contributed by atoms with Crippen LogP contribution in [0.1, 0.15) is 81.1 Å². The molecule has 19 heavy (non-hydrogen) atoms. The first-order valence-corrected chi connectivity index (χ1v) is 8.23. The van der Waals surface area contributed by atoms with E-state index in [-0.39, 0.29) is 5.38 Å². The molecule has 1 heterocycles. The lowest BCUT2D eigenvalue weighted by molar-refractivity contribution is 0.517. The second-order valence-electron chi connectivity index (χ2n) is 5.45. The van der Waals surface area contributed by atoms with E-state index >= 15 is 0 Å². The first-order valence-electron chi connectivity index (χ1n) is 7.79. The van der Waals surface area contributed by atoms with Gasteiger partial charge >= 0.3 is 0 Å².